The molecular formula is C10H16N4O. The predicted molar refractivity (Wildman–Crippen MR) is 56.3 cm³/mol. The van der Waals surface area contributed by atoms with Crippen molar-refractivity contribution in [2.75, 3.05) is 6.54 Å². The van der Waals surface area contributed by atoms with E-state index in [0.717, 1.165) is 18.9 Å². The van der Waals surface area contributed by atoms with Gasteiger partial charge in [0.1, 0.15) is 5.82 Å². The smallest absolute Gasteiger partial charge is 0.318 e. The molecule has 0 fully saturated rings. The average Bonchev–Trinajstić information content (AvgIpc) is 2.62. The Kier molecular flexibility index (Phi) is 2.62. The summed E-state index contributed by atoms with van der Waals surface area (Å²) in [6.07, 6.45) is 3.73. The molecule has 0 radical (unpaired) electrons. The Morgan fingerprint density at radius 2 is 2.33 bits per heavy atom. The summed E-state index contributed by atoms with van der Waals surface area (Å²) < 4.78 is 2.08. The van der Waals surface area contributed by atoms with Gasteiger partial charge in [-0.05, 0) is 13.8 Å². The van der Waals surface area contributed by atoms with Crippen molar-refractivity contribution in [1.29, 1.82) is 0 Å². The molecule has 0 unspecified atom stereocenters. The summed E-state index contributed by atoms with van der Waals surface area (Å²) in [4.78, 5) is 17.7. The number of carbonyl (C=O) groups is 1. The molecule has 2 amide bonds. The van der Waals surface area contributed by atoms with E-state index in [-0.39, 0.29) is 12.1 Å². The van der Waals surface area contributed by atoms with Crippen molar-refractivity contribution in [1.82, 2.24) is 19.8 Å². The Labute approximate surface area is 89.1 Å². The van der Waals surface area contributed by atoms with Crippen LogP contribution in [0.25, 0.3) is 0 Å². The Bertz CT molecular complexity index is 358. The van der Waals surface area contributed by atoms with Crippen molar-refractivity contribution in [2.24, 2.45) is 0 Å². The summed E-state index contributed by atoms with van der Waals surface area (Å²) in [7, 11) is 0. The molecule has 15 heavy (non-hydrogen) atoms. The van der Waals surface area contributed by atoms with E-state index >= 15 is 0 Å². The number of hydrogen-bond donors (Lipinski definition) is 1. The van der Waals surface area contributed by atoms with E-state index in [9.17, 15) is 4.79 Å². The molecule has 1 aromatic heterocycles. The number of carbonyl (C=O) groups excluding carboxylic acids is 1. The highest BCUT2D eigenvalue weighted by Gasteiger charge is 2.20. The molecular weight excluding hydrogens is 192 g/mol. The fourth-order valence-corrected chi connectivity index (χ4v) is 1.69. The van der Waals surface area contributed by atoms with Crippen LogP contribution >= 0.6 is 0 Å². The third kappa shape index (κ3) is 2.11. The van der Waals surface area contributed by atoms with Crippen LogP contribution in [0.15, 0.2) is 12.4 Å². The standard InChI is InChI=1S/C10H16N4O/c1-8(2)12-10(15)14-6-5-13-4-3-11-9(13)7-14/h3-4,8H,5-7H2,1-2H3,(H,12,15). The molecule has 5 heteroatoms. The van der Waals surface area contributed by atoms with Crippen LogP contribution in [0.3, 0.4) is 0 Å². The molecule has 5 nitrogen and oxygen atoms in total. The van der Waals surface area contributed by atoms with Gasteiger partial charge in [-0.2, -0.15) is 0 Å². The minimum atomic E-state index is -0.000694. The Morgan fingerprint density at radius 3 is 3.07 bits per heavy atom. The lowest BCUT2D eigenvalue weighted by Gasteiger charge is -2.28. The summed E-state index contributed by atoms with van der Waals surface area (Å²) in [5.74, 6) is 0.958. The molecule has 0 saturated carbocycles. The van der Waals surface area contributed by atoms with E-state index in [1.807, 2.05) is 20.0 Å². The second-order valence-corrected chi connectivity index (χ2v) is 4.06. The highest BCUT2D eigenvalue weighted by molar-refractivity contribution is 5.74. The van der Waals surface area contributed by atoms with Gasteiger partial charge in [0.2, 0.25) is 0 Å². The lowest BCUT2D eigenvalue weighted by Crippen LogP contribution is -2.46. The van der Waals surface area contributed by atoms with Gasteiger partial charge in [0.05, 0.1) is 6.54 Å². The first kappa shape index (κ1) is 10.0. The second kappa shape index (κ2) is 3.92. The first-order valence-electron chi connectivity index (χ1n) is 5.22. The van der Waals surface area contributed by atoms with Gasteiger partial charge in [-0.3, -0.25) is 0 Å². The summed E-state index contributed by atoms with van der Waals surface area (Å²) in [6.45, 7) is 6.11. The van der Waals surface area contributed by atoms with Crippen molar-refractivity contribution in [2.45, 2.75) is 33.0 Å². The van der Waals surface area contributed by atoms with Gasteiger partial charge in [0, 0.05) is 31.5 Å². The number of fused-ring (bicyclic) bond motifs is 1. The highest BCUT2D eigenvalue weighted by atomic mass is 16.2. The van der Waals surface area contributed by atoms with Crippen molar-refractivity contribution in [3.05, 3.63) is 18.2 Å². The fourth-order valence-electron chi connectivity index (χ4n) is 1.69. The van der Waals surface area contributed by atoms with Crippen molar-refractivity contribution >= 4 is 6.03 Å². The Morgan fingerprint density at radius 1 is 1.53 bits per heavy atom. The summed E-state index contributed by atoms with van der Waals surface area (Å²) in [5.41, 5.74) is 0. The number of urea groups is 1. The van der Waals surface area contributed by atoms with Crippen LogP contribution in [0.4, 0.5) is 4.79 Å². The van der Waals surface area contributed by atoms with E-state index in [0.29, 0.717) is 6.54 Å². The largest absolute Gasteiger partial charge is 0.336 e. The van der Waals surface area contributed by atoms with Gasteiger partial charge in [0.25, 0.3) is 0 Å². The molecule has 82 valence electrons. The number of amides is 2. The van der Waals surface area contributed by atoms with E-state index in [2.05, 4.69) is 14.9 Å². The van der Waals surface area contributed by atoms with Gasteiger partial charge >= 0.3 is 6.03 Å². The average molecular weight is 208 g/mol. The van der Waals surface area contributed by atoms with Gasteiger partial charge in [-0.1, -0.05) is 0 Å². The van der Waals surface area contributed by atoms with Gasteiger partial charge in [-0.15, -0.1) is 0 Å². The number of rotatable bonds is 1. The van der Waals surface area contributed by atoms with Crippen LogP contribution in [0.5, 0.6) is 0 Å². The number of aromatic nitrogens is 2. The Hall–Kier alpha value is -1.52. The molecule has 0 atom stereocenters. The molecule has 0 spiro atoms. The molecule has 0 bridgehead atoms. The zero-order valence-corrected chi connectivity index (χ0v) is 9.10. The maximum absolute atomic E-state index is 11.7. The summed E-state index contributed by atoms with van der Waals surface area (Å²) in [5, 5.41) is 2.89. The zero-order chi connectivity index (χ0) is 10.8. The van der Waals surface area contributed by atoms with Crippen LogP contribution in [-0.2, 0) is 13.1 Å². The first-order chi connectivity index (χ1) is 7.16. The monoisotopic (exact) mass is 208 g/mol. The maximum Gasteiger partial charge on any atom is 0.318 e. The predicted octanol–water partition coefficient (Wildman–Crippen LogP) is 0.817. The van der Waals surface area contributed by atoms with E-state index in [4.69, 9.17) is 0 Å². The van der Waals surface area contributed by atoms with Crippen LogP contribution in [0, 0.1) is 0 Å². The lowest BCUT2D eigenvalue weighted by molar-refractivity contribution is 0.179. The van der Waals surface area contributed by atoms with Gasteiger partial charge < -0.3 is 14.8 Å². The topological polar surface area (TPSA) is 50.2 Å². The first-order valence-corrected chi connectivity index (χ1v) is 5.22. The number of hydrogen-bond acceptors (Lipinski definition) is 2. The highest BCUT2D eigenvalue weighted by Crippen LogP contribution is 2.09. The second-order valence-electron chi connectivity index (χ2n) is 4.06. The van der Waals surface area contributed by atoms with Crippen LogP contribution in [0.1, 0.15) is 19.7 Å². The summed E-state index contributed by atoms with van der Waals surface area (Å²) >= 11 is 0. The van der Waals surface area contributed by atoms with Crippen LogP contribution in [0.2, 0.25) is 0 Å². The third-order valence-corrected chi connectivity index (χ3v) is 2.44. The quantitative estimate of drug-likeness (QED) is 0.742. The van der Waals surface area contributed by atoms with Crippen LogP contribution in [-0.4, -0.2) is 33.1 Å². The molecule has 1 aromatic rings. The van der Waals surface area contributed by atoms with Gasteiger partial charge in [-0.25, -0.2) is 9.78 Å². The molecule has 0 aliphatic carbocycles. The number of imidazole rings is 1. The van der Waals surface area contributed by atoms with Crippen molar-refractivity contribution in [3.63, 3.8) is 0 Å². The summed E-state index contributed by atoms with van der Waals surface area (Å²) in [6, 6.07) is 0.179. The molecule has 2 heterocycles. The van der Waals surface area contributed by atoms with E-state index in [1.165, 1.54) is 0 Å². The molecule has 1 aliphatic rings. The zero-order valence-electron chi connectivity index (χ0n) is 9.10. The van der Waals surface area contributed by atoms with E-state index < -0.39 is 0 Å². The Balaban J connectivity index is 2.00. The molecule has 0 aromatic carbocycles. The van der Waals surface area contributed by atoms with E-state index in [1.54, 1.807) is 11.1 Å². The number of nitrogens with zero attached hydrogens (tertiary/aromatic N) is 3. The van der Waals surface area contributed by atoms with Crippen molar-refractivity contribution < 1.29 is 4.79 Å². The van der Waals surface area contributed by atoms with Gasteiger partial charge in [0.15, 0.2) is 0 Å². The van der Waals surface area contributed by atoms with Crippen LogP contribution < -0.4 is 5.32 Å². The SMILES string of the molecule is CC(C)NC(=O)N1CCn2ccnc2C1. The minimum absolute atomic E-state index is 0.000694. The minimum Gasteiger partial charge on any atom is -0.336 e. The van der Waals surface area contributed by atoms with Crippen molar-refractivity contribution in [3.8, 4) is 0 Å². The number of nitrogens with one attached hydrogen (secondary N) is 1. The molecule has 1 aliphatic heterocycles. The maximum atomic E-state index is 11.7. The fraction of sp³-hybridized carbons (Fsp3) is 0.600. The molecule has 1 N–H and O–H groups in total. The molecule has 2 rings (SSSR count). The third-order valence-electron chi connectivity index (χ3n) is 2.44. The molecule has 0 saturated heterocycles. The lowest BCUT2D eigenvalue weighted by atomic mass is 10.3. The normalized spacial score (nSPS) is 15.3.